The summed E-state index contributed by atoms with van der Waals surface area (Å²) in [5, 5.41) is 0. The second-order valence-corrected chi connectivity index (χ2v) is 4.75. The molecule has 2 heterocycles. The highest BCUT2D eigenvalue weighted by Gasteiger charge is 2.27. The van der Waals surface area contributed by atoms with E-state index in [1.807, 2.05) is 0 Å². The monoisotopic (exact) mass is 262 g/mol. The average Bonchev–Trinajstić information content (AvgIpc) is 2.46. The lowest BCUT2D eigenvalue weighted by molar-refractivity contribution is -0.123. The number of amides is 2. The topological polar surface area (TPSA) is 102 Å². The Labute approximate surface area is 111 Å². The molecule has 6 nitrogen and oxygen atoms in total. The van der Waals surface area contributed by atoms with Crippen LogP contribution in [0.3, 0.4) is 0 Å². The molecule has 0 saturated carbocycles. The third-order valence-electron chi connectivity index (χ3n) is 3.39. The molecule has 4 N–H and O–H groups in total. The fourth-order valence-corrected chi connectivity index (χ4v) is 2.23. The van der Waals surface area contributed by atoms with Gasteiger partial charge in [-0.25, -0.2) is 0 Å². The van der Waals surface area contributed by atoms with Crippen LogP contribution in [-0.2, 0) is 11.3 Å². The quantitative estimate of drug-likeness (QED) is 0.792. The first-order valence-corrected chi connectivity index (χ1v) is 6.35. The number of likely N-dealkylation sites (tertiary alicyclic amines) is 1. The molecule has 1 fully saturated rings. The third-order valence-corrected chi connectivity index (χ3v) is 3.39. The maximum atomic E-state index is 12.2. The molecule has 0 bridgehead atoms. The molecular weight excluding hydrogens is 244 g/mol. The lowest BCUT2D eigenvalue weighted by Crippen LogP contribution is -2.44. The van der Waals surface area contributed by atoms with Crippen molar-refractivity contribution in [2.24, 2.45) is 17.4 Å². The molecule has 19 heavy (non-hydrogen) atoms. The number of primary amides is 1. The van der Waals surface area contributed by atoms with E-state index in [9.17, 15) is 9.59 Å². The van der Waals surface area contributed by atoms with Gasteiger partial charge in [0.1, 0.15) is 5.69 Å². The number of piperidine rings is 1. The standard InChI is InChI=1S/C13H18N4O2/c14-6-9-3-4-11(16-7-9)13(19)17-5-1-2-10(8-17)12(15)18/h3-4,7,10H,1-2,5-6,8,14H2,(H2,15,18). The predicted molar refractivity (Wildman–Crippen MR) is 70.0 cm³/mol. The second-order valence-electron chi connectivity index (χ2n) is 4.75. The van der Waals surface area contributed by atoms with E-state index in [4.69, 9.17) is 11.5 Å². The minimum absolute atomic E-state index is 0.158. The van der Waals surface area contributed by atoms with Crippen LogP contribution in [0.1, 0.15) is 28.9 Å². The van der Waals surface area contributed by atoms with Gasteiger partial charge in [-0.2, -0.15) is 0 Å². The Kier molecular flexibility index (Phi) is 4.11. The number of nitrogens with zero attached hydrogens (tertiary/aromatic N) is 2. The van der Waals surface area contributed by atoms with Gasteiger partial charge in [-0.3, -0.25) is 14.6 Å². The number of rotatable bonds is 3. The van der Waals surface area contributed by atoms with Gasteiger partial charge in [0.25, 0.3) is 5.91 Å². The summed E-state index contributed by atoms with van der Waals surface area (Å²) < 4.78 is 0. The summed E-state index contributed by atoms with van der Waals surface area (Å²) in [6.07, 6.45) is 3.14. The van der Waals surface area contributed by atoms with E-state index in [2.05, 4.69) is 4.98 Å². The first-order valence-electron chi connectivity index (χ1n) is 6.35. The van der Waals surface area contributed by atoms with Crippen molar-refractivity contribution in [1.29, 1.82) is 0 Å². The highest BCUT2D eigenvalue weighted by molar-refractivity contribution is 5.92. The van der Waals surface area contributed by atoms with Crippen LogP contribution in [0.25, 0.3) is 0 Å². The number of hydrogen-bond acceptors (Lipinski definition) is 4. The Bertz CT molecular complexity index is 472. The summed E-state index contributed by atoms with van der Waals surface area (Å²) in [5.74, 6) is -0.750. The maximum Gasteiger partial charge on any atom is 0.272 e. The molecule has 0 radical (unpaired) electrons. The molecule has 0 aliphatic carbocycles. The van der Waals surface area contributed by atoms with Crippen molar-refractivity contribution in [3.63, 3.8) is 0 Å². The first-order chi connectivity index (χ1) is 9.11. The van der Waals surface area contributed by atoms with Gasteiger partial charge in [0.15, 0.2) is 0 Å². The van der Waals surface area contributed by atoms with Gasteiger partial charge in [-0.15, -0.1) is 0 Å². The van der Waals surface area contributed by atoms with E-state index in [-0.39, 0.29) is 17.7 Å². The summed E-state index contributed by atoms with van der Waals surface area (Å²) in [5.41, 5.74) is 12.0. The lowest BCUT2D eigenvalue weighted by atomic mass is 9.97. The number of nitrogens with two attached hydrogens (primary N) is 2. The maximum absolute atomic E-state index is 12.2. The molecule has 1 aliphatic heterocycles. The van der Waals surface area contributed by atoms with Gasteiger partial charge >= 0.3 is 0 Å². The number of aromatic nitrogens is 1. The van der Waals surface area contributed by atoms with Crippen molar-refractivity contribution in [3.8, 4) is 0 Å². The number of hydrogen-bond donors (Lipinski definition) is 2. The van der Waals surface area contributed by atoms with Crippen LogP contribution in [0.15, 0.2) is 18.3 Å². The Hall–Kier alpha value is -1.95. The summed E-state index contributed by atoms with van der Waals surface area (Å²) >= 11 is 0. The van der Waals surface area contributed by atoms with Crippen LogP contribution in [0.5, 0.6) is 0 Å². The third kappa shape index (κ3) is 3.08. The molecule has 2 amide bonds. The van der Waals surface area contributed by atoms with E-state index in [0.29, 0.717) is 25.3 Å². The van der Waals surface area contributed by atoms with Gasteiger partial charge < -0.3 is 16.4 Å². The zero-order valence-electron chi connectivity index (χ0n) is 10.7. The van der Waals surface area contributed by atoms with Crippen LogP contribution < -0.4 is 11.5 Å². The normalized spacial score (nSPS) is 19.2. The Morgan fingerprint density at radius 1 is 1.42 bits per heavy atom. The van der Waals surface area contributed by atoms with Gasteiger partial charge in [-0.1, -0.05) is 6.07 Å². The number of pyridine rings is 1. The molecule has 1 aromatic heterocycles. The zero-order chi connectivity index (χ0) is 13.8. The zero-order valence-corrected chi connectivity index (χ0v) is 10.7. The smallest absolute Gasteiger partial charge is 0.272 e. The van der Waals surface area contributed by atoms with Crippen LogP contribution in [0, 0.1) is 5.92 Å². The number of carbonyl (C=O) groups is 2. The summed E-state index contributed by atoms with van der Waals surface area (Å²) in [6, 6.07) is 3.45. The largest absolute Gasteiger partial charge is 0.369 e. The Balaban J connectivity index is 2.07. The van der Waals surface area contributed by atoms with Crippen LogP contribution >= 0.6 is 0 Å². The van der Waals surface area contributed by atoms with Gasteiger partial charge in [0.2, 0.25) is 5.91 Å². The molecular formula is C13H18N4O2. The molecule has 2 rings (SSSR count). The van der Waals surface area contributed by atoms with E-state index in [1.165, 1.54) is 0 Å². The number of carbonyl (C=O) groups excluding carboxylic acids is 2. The predicted octanol–water partition coefficient (Wildman–Crippen LogP) is -0.122. The average molecular weight is 262 g/mol. The van der Waals surface area contributed by atoms with E-state index >= 15 is 0 Å². The Morgan fingerprint density at radius 3 is 2.79 bits per heavy atom. The van der Waals surface area contributed by atoms with Crippen LogP contribution in [0.2, 0.25) is 0 Å². The van der Waals surface area contributed by atoms with Gasteiger partial charge in [0, 0.05) is 25.8 Å². The van der Waals surface area contributed by atoms with E-state index in [1.54, 1.807) is 23.2 Å². The van der Waals surface area contributed by atoms with E-state index < -0.39 is 0 Å². The Morgan fingerprint density at radius 2 is 2.21 bits per heavy atom. The lowest BCUT2D eigenvalue weighted by Gasteiger charge is -2.30. The molecule has 0 aromatic carbocycles. The molecule has 1 saturated heterocycles. The highest BCUT2D eigenvalue weighted by atomic mass is 16.2. The highest BCUT2D eigenvalue weighted by Crippen LogP contribution is 2.17. The molecule has 6 heteroatoms. The SMILES string of the molecule is NCc1ccc(C(=O)N2CCCC(C(N)=O)C2)nc1. The van der Waals surface area contributed by atoms with Crippen molar-refractivity contribution >= 4 is 11.8 Å². The fraction of sp³-hybridized carbons (Fsp3) is 0.462. The van der Waals surface area contributed by atoms with Gasteiger partial charge in [-0.05, 0) is 24.5 Å². The van der Waals surface area contributed by atoms with Crippen LogP contribution in [-0.4, -0.2) is 34.8 Å². The van der Waals surface area contributed by atoms with Gasteiger partial charge in [0.05, 0.1) is 5.92 Å². The fourth-order valence-electron chi connectivity index (χ4n) is 2.23. The van der Waals surface area contributed by atoms with Crippen molar-refractivity contribution in [3.05, 3.63) is 29.6 Å². The minimum Gasteiger partial charge on any atom is -0.369 e. The molecule has 1 aliphatic rings. The molecule has 1 unspecified atom stereocenters. The molecule has 102 valence electrons. The van der Waals surface area contributed by atoms with Crippen molar-refractivity contribution in [2.45, 2.75) is 19.4 Å². The van der Waals surface area contributed by atoms with Crippen molar-refractivity contribution < 1.29 is 9.59 Å². The summed E-state index contributed by atoms with van der Waals surface area (Å²) in [6.45, 7) is 1.42. The first kappa shape index (κ1) is 13.5. The second kappa shape index (κ2) is 5.79. The molecule has 1 aromatic rings. The van der Waals surface area contributed by atoms with Crippen molar-refractivity contribution in [2.75, 3.05) is 13.1 Å². The summed E-state index contributed by atoms with van der Waals surface area (Å²) in [7, 11) is 0. The van der Waals surface area contributed by atoms with Crippen LogP contribution in [0.4, 0.5) is 0 Å². The van der Waals surface area contributed by atoms with E-state index in [0.717, 1.165) is 18.4 Å². The minimum atomic E-state index is -0.344. The summed E-state index contributed by atoms with van der Waals surface area (Å²) in [4.78, 5) is 29.2. The van der Waals surface area contributed by atoms with Crippen molar-refractivity contribution in [1.82, 2.24) is 9.88 Å². The molecule has 0 spiro atoms. The molecule has 1 atom stereocenters.